The Hall–Kier alpha value is 0.300. The molecule has 0 saturated carbocycles. The van der Waals surface area contributed by atoms with Gasteiger partial charge in [-0.2, -0.15) is 0 Å². The van der Waals surface area contributed by atoms with Gasteiger partial charge in [-0.05, 0) is 0 Å². The number of rotatable bonds is 2. The normalized spacial score (nSPS) is 16.1. The van der Waals surface area contributed by atoms with Crippen molar-refractivity contribution < 1.29 is 13.5 Å². The van der Waals surface area contributed by atoms with Gasteiger partial charge in [-0.3, -0.25) is 0 Å². The molecule has 0 aliphatic rings. The third-order valence-electron chi connectivity index (χ3n) is 0.605. The number of alkyl halides is 3. The summed E-state index contributed by atoms with van der Waals surface area (Å²) >= 11 is 2.62. The van der Waals surface area contributed by atoms with Gasteiger partial charge in [0, 0.05) is 14.0 Å². The first kappa shape index (κ1) is 8.30. The van der Waals surface area contributed by atoms with Crippen LogP contribution in [-0.2, 0) is 4.74 Å². The molecule has 4 heteroatoms. The van der Waals surface area contributed by atoms with Crippen molar-refractivity contribution in [2.45, 2.75) is 17.9 Å². The summed E-state index contributed by atoms with van der Waals surface area (Å²) in [7, 11) is 1.22. The Kier molecular flexibility index (Phi) is 2.83. The topological polar surface area (TPSA) is 9.23 Å². The molecule has 1 atom stereocenters. The molecule has 0 bridgehead atoms. The maximum absolute atomic E-state index is 11.9. The number of methoxy groups -OCH3 is 1. The van der Waals surface area contributed by atoms with Gasteiger partial charge in [0.25, 0.3) is 5.92 Å². The molecule has 0 aromatic rings. The number of hydrogen-bond donors (Lipinski definition) is 0. The van der Waals surface area contributed by atoms with Gasteiger partial charge in [0.1, 0.15) is 0 Å². The number of hydrogen-bond acceptors (Lipinski definition) is 1. The highest BCUT2D eigenvalue weighted by Crippen LogP contribution is 2.23. The molecular weight excluding hydrogens is 182 g/mol. The smallest absolute Gasteiger partial charge is 0.280 e. The molecule has 0 heterocycles. The molecule has 0 aliphatic heterocycles. The summed E-state index contributed by atoms with van der Waals surface area (Å²) in [4.78, 5) is 0. The van der Waals surface area contributed by atoms with E-state index in [9.17, 15) is 8.78 Å². The first-order valence-electron chi connectivity index (χ1n) is 2.03. The second-order valence-electron chi connectivity index (χ2n) is 1.51. The van der Waals surface area contributed by atoms with Crippen LogP contribution in [0.25, 0.3) is 0 Å². The lowest BCUT2D eigenvalue weighted by atomic mass is 10.4. The lowest BCUT2D eigenvalue weighted by Crippen LogP contribution is -2.25. The molecule has 0 aromatic carbocycles. The number of halogens is 3. The van der Waals surface area contributed by atoms with Crippen molar-refractivity contribution in [3.63, 3.8) is 0 Å². The lowest BCUT2D eigenvalue weighted by molar-refractivity contribution is -0.0636. The standard InChI is InChI=1S/C4H7BrF2O/c1-4(6,7)3(5)8-2/h3H,1-2H3. The largest absolute Gasteiger partial charge is 0.364 e. The fraction of sp³-hybridized carbons (Fsp3) is 1.00. The monoisotopic (exact) mass is 188 g/mol. The Morgan fingerprint density at radius 3 is 2.00 bits per heavy atom. The quantitative estimate of drug-likeness (QED) is 0.603. The van der Waals surface area contributed by atoms with E-state index in [-0.39, 0.29) is 0 Å². The summed E-state index contributed by atoms with van der Waals surface area (Å²) in [6.07, 6.45) is 0. The van der Waals surface area contributed by atoms with Crippen molar-refractivity contribution in [1.29, 1.82) is 0 Å². The van der Waals surface area contributed by atoms with Gasteiger partial charge >= 0.3 is 0 Å². The second-order valence-corrected chi connectivity index (χ2v) is 2.34. The van der Waals surface area contributed by atoms with Gasteiger partial charge in [-0.15, -0.1) is 0 Å². The first-order valence-corrected chi connectivity index (χ1v) is 2.94. The minimum atomic E-state index is -2.80. The molecule has 0 rings (SSSR count). The highest BCUT2D eigenvalue weighted by Gasteiger charge is 2.31. The number of ether oxygens (including phenoxy) is 1. The third-order valence-corrected chi connectivity index (χ3v) is 1.78. The van der Waals surface area contributed by atoms with Crippen molar-refractivity contribution in [3.8, 4) is 0 Å². The van der Waals surface area contributed by atoms with Gasteiger partial charge < -0.3 is 4.74 Å². The predicted molar refractivity (Wildman–Crippen MR) is 30.3 cm³/mol. The SMILES string of the molecule is COC(Br)C(C)(F)F. The minimum absolute atomic E-state index is 0.788. The molecule has 8 heavy (non-hydrogen) atoms. The van der Waals surface area contributed by atoms with Crippen molar-refractivity contribution >= 4 is 15.9 Å². The molecule has 0 fully saturated rings. The maximum Gasteiger partial charge on any atom is 0.280 e. The summed E-state index contributed by atoms with van der Waals surface area (Å²) in [5, 5.41) is -1.17. The van der Waals surface area contributed by atoms with E-state index in [4.69, 9.17) is 0 Å². The van der Waals surface area contributed by atoms with Gasteiger partial charge in [0.05, 0.1) is 0 Å². The lowest BCUT2D eigenvalue weighted by Gasteiger charge is -2.14. The zero-order valence-electron chi connectivity index (χ0n) is 4.62. The Labute approximate surface area is 55.1 Å². The van der Waals surface area contributed by atoms with E-state index in [0.29, 0.717) is 0 Å². The van der Waals surface area contributed by atoms with Crippen molar-refractivity contribution in [2.75, 3.05) is 7.11 Å². The Morgan fingerprint density at radius 2 is 2.00 bits per heavy atom. The molecule has 0 spiro atoms. The van der Waals surface area contributed by atoms with Crippen molar-refractivity contribution in [3.05, 3.63) is 0 Å². The zero-order chi connectivity index (χ0) is 6.78. The van der Waals surface area contributed by atoms with Crippen LogP contribution >= 0.6 is 15.9 Å². The Bertz CT molecular complexity index is 70.9. The highest BCUT2D eigenvalue weighted by molar-refractivity contribution is 9.09. The molecule has 1 unspecified atom stereocenters. The zero-order valence-corrected chi connectivity index (χ0v) is 6.21. The van der Waals surface area contributed by atoms with Crippen LogP contribution in [0.5, 0.6) is 0 Å². The van der Waals surface area contributed by atoms with Crippen molar-refractivity contribution in [1.82, 2.24) is 0 Å². The van der Waals surface area contributed by atoms with E-state index in [0.717, 1.165) is 6.92 Å². The average Bonchev–Trinajstić information content (AvgIpc) is 1.62. The van der Waals surface area contributed by atoms with E-state index < -0.39 is 10.9 Å². The van der Waals surface area contributed by atoms with Crippen LogP contribution in [0.4, 0.5) is 8.78 Å². The van der Waals surface area contributed by atoms with Crippen LogP contribution in [0.2, 0.25) is 0 Å². The van der Waals surface area contributed by atoms with Gasteiger partial charge in [-0.1, -0.05) is 15.9 Å². The summed E-state index contributed by atoms with van der Waals surface area (Å²) < 4.78 is 28.2. The van der Waals surface area contributed by atoms with Crippen LogP contribution in [0, 0.1) is 0 Å². The third kappa shape index (κ3) is 2.57. The van der Waals surface area contributed by atoms with E-state index in [1.165, 1.54) is 7.11 Å². The molecule has 0 radical (unpaired) electrons. The molecular formula is C4H7BrF2O. The fourth-order valence-corrected chi connectivity index (χ4v) is 0.207. The van der Waals surface area contributed by atoms with Gasteiger partial charge in [-0.25, -0.2) is 8.78 Å². The van der Waals surface area contributed by atoms with E-state index in [2.05, 4.69) is 20.7 Å². The molecule has 1 nitrogen and oxygen atoms in total. The average molecular weight is 189 g/mol. The second kappa shape index (κ2) is 2.73. The summed E-state index contributed by atoms with van der Waals surface area (Å²) in [6.45, 7) is 0.788. The Balaban J connectivity index is 3.62. The van der Waals surface area contributed by atoms with Gasteiger partial charge in [0.2, 0.25) is 0 Å². The molecule has 0 aromatic heterocycles. The van der Waals surface area contributed by atoms with Crippen LogP contribution in [-0.4, -0.2) is 18.0 Å². The predicted octanol–water partition coefficient (Wildman–Crippen LogP) is 2.01. The fourth-order valence-electron chi connectivity index (χ4n) is 0.207. The minimum Gasteiger partial charge on any atom is -0.364 e. The maximum atomic E-state index is 11.9. The highest BCUT2D eigenvalue weighted by atomic mass is 79.9. The summed E-state index contributed by atoms with van der Waals surface area (Å²) in [6, 6.07) is 0. The first-order chi connectivity index (χ1) is 3.48. The molecule has 0 amide bonds. The van der Waals surface area contributed by atoms with Gasteiger partial charge in [0.15, 0.2) is 5.01 Å². The van der Waals surface area contributed by atoms with E-state index in [1.54, 1.807) is 0 Å². The van der Waals surface area contributed by atoms with Crippen molar-refractivity contribution in [2.24, 2.45) is 0 Å². The summed E-state index contributed by atoms with van der Waals surface area (Å²) in [5.41, 5.74) is 0. The van der Waals surface area contributed by atoms with Crippen LogP contribution < -0.4 is 0 Å². The molecule has 50 valence electrons. The molecule has 0 saturated heterocycles. The molecule has 0 N–H and O–H groups in total. The van der Waals surface area contributed by atoms with Crippen LogP contribution in [0.3, 0.4) is 0 Å². The van der Waals surface area contributed by atoms with E-state index >= 15 is 0 Å². The molecule has 0 aliphatic carbocycles. The van der Waals surface area contributed by atoms with Crippen LogP contribution in [0.15, 0.2) is 0 Å². The Morgan fingerprint density at radius 1 is 1.62 bits per heavy atom. The van der Waals surface area contributed by atoms with E-state index in [1.807, 2.05) is 0 Å². The van der Waals surface area contributed by atoms with Crippen LogP contribution in [0.1, 0.15) is 6.92 Å². The summed E-state index contributed by atoms with van der Waals surface area (Å²) in [5.74, 6) is -2.80.